The topological polar surface area (TPSA) is 61.4 Å². The largest absolute Gasteiger partial charge is 0.314 e. The van der Waals surface area contributed by atoms with Gasteiger partial charge in [-0.2, -0.15) is 17.4 Å². The van der Waals surface area contributed by atoms with E-state index in [0.717, 1.165) is 24.8 Å². The molecule has 2 bridgehead atoms. The number of fused-ring (bicyclic) bond motifs is 5. The van der Waals surface area contributed by atoms with Crippen LogP contribution in [0.1, 0.15) is 39.5 Å². The summed E-state index contributed by atoms with van der Waals surface area (Å²) < 4.78 is 29.2. The average molecular weight is 315 g/mol. The van der Waals surface area contributed by atoms with E-state index in [-0.39, 0.29) is 6.04 Å². The van der Waals surface area contributed by atoms with Gasteiger partial charge in [-0.1, -0.05) is 13.8 Å². The van der Waals surface area contributed by atoms with E-state index < -0.39 is 10.2 Å². The number of hydrogen-bond acceptors (Lipinski definition) is 3. The molecule has 0 heterocycles. The van der Waals surface area contributed by atoms with Gasteiger partial charge in [-0.15, -0.1) is 0 Å². The van der Waals surface area contributed by atoms with E-state index in [2.05, 4.69) is 23.9 Å². The molecule has 0 aromatic carbocycles. The normalized spacial score (nSPS) is 37.5. The van der Waals surface area contributed by atoms with E-state index in [1.807, 2.05) is 0 Å². The highest BCUT2D eigenvalue weighted by Crippen LogP contribution is 2.65. The van der Waals surface area contributed by atoms with Crippen LogP contribution in [0.3, 0.4) is 0 Å². The smallest absolute Gasteiger partial charge is 0.279 e. The lowest BCUT2D eigenvalue weighted by Gasteiger charge is -2.19. The Bertz CT molecular complexity index is 463. The average Bonchev–Trinajstić information content (AvgIpc) is 2.82. The molecule has 4 unspecified atom stereocenters. The first kappa shape index (κ1) is 15.7. The third kappa shape index (κ3) is 3.14. The molecular weight excluding hydrogens is 286 g/mol. The fourth-order valence-electron chi connectivity index (χ4n) is 4.56. The Morgan fingerprint density at radius 1 is 1.19 bits per heavy atom. The highest BCUT2D eigenvalue weighted by atomic mass is 32.2. The molecule has 122 valence electrons. The summed E-state index contributed by atoms with van der Waals surface area (Å²) in [6.07, 6.45) is 4.84. The summed E-state index contributed by atoms with van der Waals surface area (Å²) in [6, 6.07) is 0.684. The first-order valence-electron chi connectivity index (χ1n) is 8.37. The predicted octanol–water partition coefficient (Wildman–Crippen LogP) is 1.19. The van der Waals surface area contributed by atoms with Gasteiger partial charge in [-0.3, -0.25) is 0 Å². The van der Waals surface area contributed by atoms with Crippen molar-refractivity contribution in [3.63, 3.8) is 0 Å². The van der Waals surface area contributed by atoms with Crippen LogP contribution >= 0.6 is 0 Å². The minimum absolute atomic E-state index is 0.234. The second kappa shape index (κ2) is 5.80. The van der Waals surface area contributed by atoms with Crippen LogP contribution in [0.25, 0.3) is 0 Å². The van der Waals surface area contributed by atoms with Crippen molar-refractivity contribution >= 4 is 10.2 Å². The van der Waals surface area contributed by atoms with E-state index in [1.165, 1.54) is 23.6 Å². The van der Waals surface area contributed by atoms with Crippen LogP contribution in [0, 0.1) is 23.7 Å². The van der Waals surface area contributed by atoms with E-state index >= 15 is 0 Å². The SMILES string of the molecule is CC(C)NCCCN(C)S(=O)(=O)NC1C2C3CCC(C3)C12. The van der Waals surface area contributed by atoms with Crippen LogP contribution in [-0.4, -0.2) is 44.9 Å². The Labute approximate surface area is 129 Å². The van der Waals surface area contributed by atoms with Gasteiger partial charge in [0.05, 0.1) is 0 Å². The molecule has 0 aliphatic heterocycles. The van der Waals surface area contributed by atoms with Gasteiger partial charge in [-0.05, 0) is 55.9 Å². The lowest BCUT2D eigenvalue weighted by Crippen LogP contribution is -2.42. The van der Waals surface area contributed by atoms with Gasteiger partial charge in [-0.25, -0.2) is 0 Å². The molecule has 0 amide bonds. The molecule has 0 spiro atoms. The summed E-state index contributed by atoms with van der Waals surface area (Å²) in [4.78, 5) is 0. The minimum Gasteiger partial charge on any atom is -0.314 e. The van der Waals surface area contributed by atoms with Crippen molar-refractivity contribution in [3.8, 4) is 0 Å². The fraction of sp³-hybridized carbons (Fsp3) is 1.00. The Morgan fingerprint density at radius 2 is 1.81 bits per heavy atom. The van der Waals surface area contributed by atoms with Crippen LogP contribution in [0.4, 0.5) is 0 Å². The summed E-state index contributed by atoms with van der Waals surface area (Å²) in [5, 5.41) is 3.32. The number of rotatable bonds is 8. The zero-order chi connectivity index (χ0) is 15.2. The molecule has 3 fully saturated rings. The molecule has 3 saturated carbocycles. The predicted molar refractivity (Wildman–Crippen MR) is 84.0 cm³/mol. The third-order valence-corrected chi connectivity index (χ3v) is 7.21. The molecule has 0 aromatic heterocycles. The quantitative estimate of drug-likeness (QED) is 0.661. The molecule has 3 rings (SSSR count). The van der Waals surface area contributed by atoms with Crippen molar-refractivity contribution in [2.24, 2.45) is 23.7 Å². The minimum atomic E-state index is -3.30. The second-order valence-corrected chi connectivity index (χ2v) is 9.23. The van der Waals surface area contributed by atoms with E-state index in [4.69, 9.17) is 0 Å². The molecule has 0 aromatic rings. The zero-order valence-electron chi connectivity index (χ0n) is 13.4. The van der Waals surface area contributed by atoms with Crippen molar-refractivity contribution in [3.05, 3.63) is 0 Å². The zero-order valence-corrected chi connectivity index (χ0v) is 14.2. The van der Waals surface area contributed by atoms with Gasteiger partial charge >= 0.3 is 0 Å². The molecule has 3 aliphatic rings. The summed E-state index contributed by atoms with van der Waals surface area (Å²) in [5.41, 5.74) is 0. The van der Waals surface area contributed by atoms with Gasteiger partial charge in [0.1, 0.15) is 0 Å². The monoisotopic (exact) mass is 315 g/mol. The van der Waals surface area contributed by atoms with Gasteiger partial charge in [0, 0.05) is 25.7 Å². The van der Waals surface area contributed by atoms with Crippen LogP contribution < -0.4 is 10.0 Å². The first-order chi connectivity index (χ1) is 9.90. The van der Waals surface area contributed by atoms with Crippen molar-refractivity contribution in [2.45, 2.75) is 51.6 Å². The van der Waals surface area contributed by atoms with E-state index in [0.29, 0.717) is 24.4 Å². The highest BCUT2D eigenvalue weighted by molar-refractivity contribution is 7.87. The molecule has 5 nitrogen and oxygen atoms in total. The van der Waals surface area contributed by atoms with E-state index in [1.54, 1.807) is 7.05 Å². The second-order valence-electron chi connectivity index (χ2n) is 7.42. The molecule has 6 heteroatoms. The molecule has 4 atom stereocenters. The summed E-state index contributed by atoms with van der Waals surface area (Å²) in [7, 11) is -1.62. The Hall–Kier alpha value is -0.170. The molecule has 2 N–H and O–H groups in total. The Kier molecular flexibility index (Phi) is 4.34. The lowest BCUT2D eigenvalue weighted by molar-refractivity contribution is 0.427. The number of nitrogens with zero attached hydrogens (tertiary/aromatic N) is 1. The van der Waals surface area contributed by atoms with Crippen molar-refractivity contribution in [1.29, 1.82) is 0 Å². The van der Waals surface area contributed by atoms with Crippen molar-refractivity contribution < 1.29 is 8.42 Å². The maximum absolute atomic E-state index is 12.4. The molecular formula is C15H29N3O2S. The van der Waals surface area contributed by atoms with Crippen molar-refractivity contribution in [2.75, 3.05) is 20.1 Å². The van der Waals surface area contributed by atoms with Gasteiger partial charge in [0.25, 0.3) is 10.2 Å². The molecule has 3 aliphatic carbocycles. The van der Waals surface area contributed by atoms with Crippen LogP contribution in [0.15, 0.2) is 0 Å². The van der Waals surface area contributed by atoms with Crippen LogP contribution in [0.5, 0.6) is 0 Å². The molecule has 21 heavy (non-hydrogen) atoms. The highest BCUT2D eigenvalue weighted by Gasteiger charge is 2.65. The molecule has 0 radical (unpaired) electrons. The number of nitrogens with one attached hydrogen (secondary N) is 2. The van der Waals surface area contributed by atoms with Gasteiger partial charge in [0.15, 0.2) is 0 Å². The van der Waals surface area contributed by atoms with Crippen LogP contribution in [0.2, 0.25) is 0 Å². The Morgan fingerprint density at radius 3 is 2.38 bits per heavy atom. The lowest BCUT2D eigenvalue weighted by atomic mass is 10.0. The Balaban J connectivity index is 1.44. The van der Waals surface area contributed by atoms with Crippen LogP contribution in [-0.2, 0) is 10.2 Å². The molecule has 0 saturated heterocycles. The number of hydrogen-bond donors (Lipinski definition) is 2. The maximum atomic E-state index is 12.4. The van der Waals surface area contributed by atoms with Crippen molar-refractivity contribution in [1.82, 2.24) is 14.3 Å². The summed E-state index contributed by atoms with van der Waals surface area (Å²) in [5.74, 6) is 2.89. The maximum Gasteiger partial charge on any atom is 0.279 e. The van der Waals surface area contributed by atoms with Gasteiger partial charge in [0.2, 0.25) is 0 Å². The summed E-state index contributed by atoms with van der Waals surface area (Å²) >= 11 is 0. The first-order valence-corrected chi connectivity index (χ1v) is 9.81. The fourth-order valence-corrected chi connectivity index (χ4v) is 5.77. The third-order valence-electron chi connectivity index (χ3n) is 5.63. The van der Waals surface area contributed by atoms with E-state index in [9.17, 15) is 8.42 Å². The van der Waals surface area contributed by atoms with Gasteiger partial charge < -0.3 is 5.32 Å². The summed E-state index contributed by atoms with van der Waals surface area (Å²) in [6.45, 7) is 5.63. The standard InChI is InChI=1S/C15H29N3O2S/c1-10(2)16-7-4-8-18(3)21(19,20)17-15-13-11-5-6-12(9-11)14(13)15/h10-17H,4-9H2,1-3H3.